The molecule has 0 heterocycles. The number of carbonyl (C=O) groups is 2. The minimum absolute atomic E-state index is 0.434. The maximum absolute atomic E-state index is 10.5. The number of primary amides is 1. The van der Waals surface area contributed by atoms with Crippen LogP contribution >= 0.6 is 11.6 Å². The fourth-order valence-electron chi connectivity index (χ4n) is 0.173. The topological polar surface area (TPSA) is 60.2 Å². The predicted octanol–water partition coefficient (Wildman–Crippen LogP) is 0.0582. The van der Waals surface area contributed by atoms with Crippen molar-refractivity contribution in [2.24, 2.45) is 5.73 Å². The summed E-state index contributed by atoms with van der Waals surface area (Å²) < 4.78 is 0. The number of hydrogen-bond donors (Lipinski definition) is 1. The zero-order chi connectivity index (χ0) is 7.65. The van der Waals surface area contributed by atoms with Crippen LogP contribution < -0.4 is 5.73 Å². The van der Waals surface area contributed by atoms with Crippen molar-refractivity contribution in [1.29, 1.82) is 0 Å². The van der Waals surface area contributed by atoms with E-state index in [1.807, 2.05) is 0 Å². The largest absolute Gasteiger partial charge is 0.368 e. The molecule has 0 bridgehead atoms. The van der Waals surface area contributed by atoms with Crippen molar-refractivity contribution in [3.8, 4) is 0 Å². The Morgan fingerprint density at radius 1 is 1.56 bits per heavy atom. The van der Waals surface area contributed by atoms with Gasteiger partial charge in [0.25, 0.3) is 0 Å². The number of alkyl halides is 1. The summed E-state index contributed by atoms with van der Waals surface area (Å²) in [5.74, 6) is -1.24. The van der Waals surface area contributed by atoms with Crippen LogP contribution in [0.25, 0.3) is 0 Å². The Kier molecular flexibility index (Phi) is 2.20. The van der Waals surface area contributed by atoms with Crippen LogP contribution in [-0.2, 0) is 9.59 Å². The maximum Gasteiger partial charge on any atom is 0.245 e. The Bertz CT molecular complexity index is 137. The van der Waals surface area contributed by atoms with Gasteiger partial charge in [-0.05, 0) is 13.8 Å². The summed E-state index contributed by atoms with van der Waals surface area (Å²) in [5, 5.41) is 0. The van der Waals surface area contributed by atoms with E-state index in [0.29, 0.717) is 0 Å². The summed E-state index contributed by atoms with van der Waals surface area (Å²) in [5.41, 5.74) is 4.78. The average molecular weight is 150 g/mol. The first-order valence-electron chi connectivity index (χ1n) is 2.39. The fraction of sp³-hybridized carbons (Fsp3) is 0.600. The highest BCUT2D eigenvalue weighted by atomic mass is 35.5. The van der Waals surface area contributed by atoms with Crippen molar-refractivity contribution >= 4 is 23.3 Å². The Morgan fingerprint density at radius 2 is 1.89 bits per heavy atom. The number of ketones is 1. The third kappa shape index (κ3) is 1.68. The molecule has 0 aliphatic heterocycles. The van der Waals surface area contributed by atoms with Gasteiger partial charge in [-0.3, -0.25) is 9.59 Å². The Labute approximate surface area is 58.2 Å². The van der Waals surface area contributed by atoms with E-state index in [9.17, 15) is 9.59 Å². The summed E-state index contributed by atoms with van der Waals surface area (Å²) in [7, 11) is 0. The highest BCUT2D eigenvalue weighted by Crippen LogP contribution is 2.13. The van der Waals surface area contributed by atoms with Crippen LogP contribution in [0.4, 0.5) is 0 Å². The van der Waals surface area contributed by atoms with Crippen LogP contribution in [0.5, 0.6) is 0 Å². The molecule has 1 atom stereocenters. The molecule has 0 saturated carbocycles. The van der Waals surface area contributed by atoms with Crippen LogP contribution in [0.3, 0.4) is 0 Å². The van der Waals surface area contributed by atoms with E-state index in [1.165, 1.54) is 13.8 Å². The highest BCUT2D eigenvalue weighted by molar-refractivity contribution is 6.45. The molecule has 1 amide bonds. The van der Waals surface area contributed by atoms with Crippen molar-refractivity contribution in [1.82, 2.24) is 0 Å². The van der Waals surface area contributed by atoms with Gasteiger partial charge in [-0.2, -0.15) is 0 Å². The smallest absolute Gasteiger partial charge is 0.245 e. The first kappa shape index (κ1) is 8.43. The molecule has 3 nitrogen and oxygen atoms in total. The van der Waals surface area contributed by atoms with Crippen molar-refractivity contribution in [3.05, 3.63) is 0 Å². The van der Waals surface area contributed by atoms with Gasteiger partial charge in [-0.15, -0.1) is 11.6 Å². The molecule has 0 aliphatic rings. The molecule has 1 unspecified atom stereocenters. The lowest BCUT2D eigenvalue weighted by Crippen LogP contribution is -2.41. The number of amides is 1. The molecule has 0 radical (unpaired) electrons. The van der Waals surface area contributed by atoms with Gasteiger partial charge in [0.15, 0.2) is 10.7 Å². The van der Waals surface area contributed by atoms with E-state index < -0.39 is 16.6 Å². The van der Waals surface area contributed by atoms with E-state index in [2.05, 4.69) is 0 Å². The van der Waals surface area contributed by atoms with Gasteiger partial charge in [-0.25, -0.2) is 0 Å². The molecule has 0 rings (SSSR count). The lowest BCUT2D eigenvalue weighted by molar-refractivity contribution is -0.128. The SMILES string of the molecule is CC(=O)C(C)(Cl)C(N)=O. The van der Waals surface area contributed by atoms with E-state index in [-0.39, 0.29) is 0 Å². The Morgan fingerprint density at radius 3 is 1.89 bits per heavy atom. The molecule has 0 aliphatic carbocycles. The van der Waals surface area contributed by atoms with Crippen LogP contribution in [0.2, 0.25) is 0 Å². The molecule has 4 heteroatoms. The summed E-state index contributed by atoms with van der Waals surface area (Å²) >= 11 is 5.38. The maximum atomic E-state index is 10.5. The van der Waals surface area contributed by atoms with Crippen LogP contribution in [0.15, 0.2) is 0 Å². The number of hydrogen-bond acceptors (Lipinski definition) is 2. The lowest BCUT2D eigenvalue weighted by Gasteiger charge is -2.11. The van der Waals surface area contributed by atoms with Crippen molar-refractivity contribution in [2.45, 2.75) is 18.7 Å². The van der Waals surface area contributed by atoms with Crippen LogP contribution in [-0.4, -0.2) is 16.6 Å². The Hall–Kier alpha value is -0.570. The normalized spacial score (nSPS) is 16.3. The minimum atomic E-state index is -1.53. The van der Waals surface area contributed by atoms with Gasteiger partial charge in [0.1, 0.15) is 0 Å². The van der Waals surface area contributed by atoms with Crippen LogP contribution in [0.1, 0.15) is 13.8 Å². The molecule has 0 fully saturated rings. The van der Waals surface area contributed by atoms with Crippen molar-refractivity contribution < 1.29 is 9.59 Å². The van der Waals surface area contributed by atoms with Crippen molar-refractivity contribution in [3.63, 3.8) is 0 Å². The monoisotopic (exact) mass is 149 g/mol. The molecule has 0 aromatic rings. The second-order valence-corrected chi connectivity index (χ2v) is 2.68. The minimum Gasteiger partial charge on any atom is -0.368 e. The van der Waals surface area contributed by atoms with E-state index in [4.69, 9.17) is 17.3 Å². The van der Waals surface area contributed by atoms with Gasteiger partial charge in [0.05, 0.1) is 0 Å². The van der Waals surface area contributed by atoms with E-state index in [1.54, 1.807) is 0 Å². The first-order valence-corrected chi connectivity index (χ1v) is 2.76. The quantitative estimate of drug-likeness (QED) is 0.446. The molecular weight excluding hydrogens is 142 g/mol. The standard InChI is InChI=1S/C5H8ClNO2/c1-3(8)5(2,6)4(7)9/h1-2H3,(H2,7,9). The highest BCUT2D eigenvalue weighted by Gasteiger charge is 2.33. The number of halogens is 1. The predicted molar refractivity (Wildman–Crippen MR) is 34.1 cm³/mol. The molecule has 0 aromatic carbocycles. The summed E-state index contributed by atoms with van der Waals surface area (Å²) in [6.07, 6.45) is 0. The third-order valence-corrected chi connectivity index (χ3v) is 1.58. The number of carbonyl (C=O) groups excluding carboxylic acids is 2. The van der Waals surface area contributed by atoms with E-state index in [0.717, 1.165) is 0 Å². The van der Waals surface area contributed by atoms with Crippen LogP contribution in [0, 0.1) is 0 Å². The van der Waals surface area contributed by atoms with Gasteiger partial charge in [0, 0.05) is 0 Å². The van der Waals surface area contributed by atoms with Crippen molar-refractivity contribution in [2.75, 3.05) is 0 Å². The average Bonchev–Trinajstić information content (AvgIpc) is 1.65. The summed E-state index contributed by atoms with van der Waals surface area (Å²) in [6, 6.07) is 0. The zero-order valence-electron chi connectivity index (χ0n) is 5.27. The van der Waals surface area contributed by atoms with Gasteiger partial charge >= 0.3 is 0 Å². The van der Waals surface area contributed by atoms with E-state index >= 15 is 0 Å². The second kappa shape index (κ2) is 2.35. The molecular formula is C5H8ClNO2. The molecule has 52 valence electrons. The molecule has 0 spiro atoms. The van der Waals surface area contributed by atoms with Gasteiger partial charge in [-0.1, -0.05) is 0 Å². The first-order chi connectivity index (χ1) is 3.89. The number of rotatable bonds is 2. The zero-order valence-corrected chi connectivity index (χ0v) is 6.03. The fourth-order valence-corrected chi connectivity index (χ4v) is 0.173. The summed E-state index contributed by atoms with van der Waals surface area (Å²) in [4.78, 5) is 19.3. The number of nitrogens with two attached hydrogens (primary N) is 1. The third-order valence-electron chi connectivity index (χ3n) is 1.12. The summed E-state index contributed by atoms with van der Waals surface area (Å²) in [6.45, 7) is 2.50. The Balaban J connectivity index is 4.38. The van der Waals surface area contributed by atoms with Gasteiger partial charge < -0.3 is 5.73 Å². The molecule has 2 N–H and O–H groups in total. The molecule has 0 aromatic heterocycles. The van der Waals surface area contributed by atoms with Gasteiger partial charge in [0.2, 0.25) is 5.91 Å². The molecule has 0 saturated heterocycles. The lowest BCUT2D eigenvalue weighted by atomic mass is 10.1. The second-order valence-electron chi connectivity index (χ2n) is 1.92. The number of Topliss-reactive ketones (excluding diaryl/α,β-unsaturated/α-hetero) is 1. The molecule has 9 heavy (non-hydrogen) atoms.